The molecule has 1 heterocycles. The molecule has 0 saturated carbocycles. The third-order valence-corrected chi connectivity index (χ3v) is 4.84. The zero-order valence-corrected chi connectivity index (χ0v) is 15.8. The van der Waals surface area contributed by atoms with E-state index in [0.717, 1.165) is 31.2 Å². The van der Waals surface area contributed by atoms with Crippen molar-refractivity contribution in [2.45, 2.75) is 6.04 Å². The Morgan fingerprint density at radius 2 is 1.67 bits per heavy atom. The van der Waals surface area contributed by atoms with E-state index >= 15 is 0 Å². The highest BCUT2D eigenvalue weighted by Crippen LogP contribution is 2.30. The van der Waals surface area contributed by atoms with E-state index in [1.165, 1.54) is 17.4 Å². The second kappa shape index (κ2) is 9.44. The largest absolute Gasteiger partial charge is 0.488 e. The summed E-state index contributed by atoms with van der Waals surface area (Å²) in [6.07, 6.45) is 3.28. The Balaban J connectivity index is 1.68. The maximum atomic E-state index is 10.5. The molecule has 1 fully saturated rings. The third-order valence-electron chi connectivity index (χ3n) is 4.59. The Morgan fingerprint density at radius 3 is 2.30 bits per heavy atom. The molecule has 5 nitrogen and oxygen atoms in total. The molecule has 142 valence electrons. The van der Waals surface area contributed by atoms with Crippen LogP contribution in [0.5, 0.6) is 0 Å². The number of nitrogens with zero attached hydrogens (tertiary/aromatic N) is 2. The number of hydrogen-bond donors (Lipinski definition) is 1. The van der Waals surface area contributed by atoms with Gasteiger partial charge < -0.3 is 14.7 Å². The van der Waals surface area contributed by atoms with Crippen molar-refractivity contribution in [1.82, 2.24) is 9.80 Å². The highest BCUT2D eigenvalue weighted by molar-refractivity contribution is 6.30. The Hall–Kier alpha value is -2.50. The fraction of sp³-hybridized carbons (Fsp3) is 0.286. The van der Waals surface area contributed by atoms with Crippen LogP contribution in [-0.2, 0) is 9.53 Å². The zero-order chi connectivity index (χ0) is 19.1. The first-order valence-corrected chi connectivity index (χ1v) is 9.30. The van der Waals surface area contributed by atoms with Crippen LogP contribution in [-0.4, -0.2) is 53.7 Å². The lowest BCUT2D eigenvalue weighted by atomic mass is 9.96. The number of carboxylic acid groups (broad SMARTS) is 1. The fourth-order valence-electron chi connectivity index (χ4n) is 3.29. The molecule has 6 heteroatoms. The van der Waals surface area contributed by atoms with Crippen molar-refractivity contribution in [2.24, 2.45) is 0 Å². The molecule has 1 N–H and O–H groups in total. The Labute approximate surface area is 164 Å². The number of carbonyl (C=O) groups is 1. The normalized spacial score (nSPS) is 16.4. The molecule has 1 aliphatic heterocycles. The molecule has 1 atom stereocenters. The van der Waals surface area contributed by atoms with E-state index in [2.05, 4.69) is 46.2 Å². The minimum atomic E-state index is -0.974. The van der Waals surface area contributed by atoms with Gasteiger partial charge in [-0.05, 0) is 23.3 Å². The molecule has 1 unspecified atom stereocenters. The van der Waals surface area contributed by atoms with Crippen LogP contribution in [0, 0.1) is 0 Å². The van der Waals surface area contributed by atoms with Gasteiger partial charge in [0.25, 0.3) is 0 Å². The van der Waals surface area contributed by atoms with Gasteiger partial charge in [0.2, 0.25) is 0 Å². The lowest BCUT2D eigenvalue weighted by Crippen LogP contribution is -2.45. The molecule has 0 amide bonds. The van der Waals surface area contributed by atoms with Gasteiger partial charge in [-0.25, -0.2) is 4.79 Å². The minimum Gasteiger partial charge on any atom is -0.488 e. The van der Waals surface area contributed by atoms with E-state index in [9.17, 15) is 4.79 Å². The number of hydrogen-bond acceptors (Lipinski definition) is 4. The van der Waals surface area contributed by atoms with Gasteiger partial charge in [0.05, 0.1) is 12.3 Å². The summed E-state index contributed by atoms with van der Waals surface area (Å²) in [6, 6.07) is 18.7. The minimum absolute atomic E-state index is 0.179. The van der Waals surface area contributed by atoms with E-state index in [1.54, 1.807) is 0 Å². The standard InChI is InChI=1S/C21H23ClN2O3/c22-19-8-6-18(7-9-19)21(17-4-2-1-3-5-17)24-12-10-23(11-13-24)14-15-27-16-20(25)26/h1-9,14-15,21H,10-13,16H2,(H,25,26). The summed E-state index contributed by atoms with van der Waals surface area (Å²) >= 11 is 6.07. The summed E-state index contributed by atoms with van der Waals surface area (Å²) in [4.78, 5) is 15.1. The van der Waals surface area contributed by atoms with Gasteiger partial charge in [0.1, 0.15) is 0 Å². The maximum absolute atomic E-state index is 10.5. The number of halogens is 1. The number of rotatable bonds is 7. The molecular formula is C21H23ClN2O3. The average Bonchev–Trinajstić information content (AvgIpc) is 2.69. The van der Waals surface area contributed by atoms with E-state index in [0.29, 0.717) is 0 Å². The lowest BCUT2D eigenvalue weighted by Gasteiger charge is -2.39. The van der Waals surface area contributed by atoms with Crippen LogP contribution in [0.3, 0.4) is 0 Å². The van der Waals surface area contributed by atoms with Crippen molar-refractivity contribution in [3.63, 3.8) is 0 Å². The Bertz CT molecular complexity index is 757. The summed E-state index contributed by atoms with van der Waals surface area (Å²) in [5, 5.41) is 9.33. The Kier molecular flexibility index (Phi) is 6.74. The van der Waals surface area contributed by atoms with Crippen LogP contribution in [0.4, 0.5) is 0 Å². The predicted molar refractivity (Wildman–Crippen MR) is 106 cm³/mol. The van der Waals surface area contributed by atoms with Crippen molar-refractivity contribution in [3.05, 3.63) is 83.2 Å². The SMILES string of the molecule is O=C(O)COC=CN1CCN(C(c2ccccc2)c2ccc(Cl)cc2)CC1. The van der Waals surface area contributed by atoms with E-state index in [4.69, 9.17) is 21.4 Å². The highest BCUT2D eigenvalue weighted by atomic mass is 35.5. The maximum Gasteiger partial charge on any atom is 0.341 e. The monoisotopic (exact) mass is 386 g/mol. The van der Waals surface area contributed by atoms with Crippen LogP contribution < -0.4 is 0 Å². The van der Waals surface area contributed by atoms with E-state index < -0.39 is 5.97 Å². The molecule has 27 heavy (non-hydrogen) atoms. The molecule has 2 aromatic rings. The number of piperazine rings is 1. The molecule has 0 spiro atoms. The first-order chi connectivity index (χ1) is 13.1. The quantitative estimate of drug-likeness (QED) is 0.736. The summed E-state index contributed by atoms with van der Waals surface area (Å²) < 4.78 is 4.97. The summed E-state index contributed by atoms with van der Waals surface area (Å²) in [5.74, 6) is -0.974. The average molecular weight is 387 g/mol. The molecule has 0 aliphatic carbocycles. The lowest BCUT2D eigenvalue weighted by molar-refractivity contribution is -0.140. The van der Waals surface area contributed by atoms with Gasteiger partial charge in [-0.15, -0.1) is 0 Å². The van der Waals surface area contributed by atoms with Crippen LogP contribution >= 0.6 is 11.6 Å². The molecule has 0 bridgehead atoms. The van der Waals surface area contributed by atoms with Gasteiger partial charge in [-0.2, -0.15) is 0 Å². The van der Waals surface area contributed by atoms with Crippen molar-refractivity contribution < 1.29 is 14.6 Å². The van der Waals surface area contributed by atoms with E-state index in [1.807, 2.05) is 24.4 Å². The topological polar surface area (TPSA) is 53.0 Å². The molecule has 0 aromatic heterocycles. The summed E-state index contributed by atoms with van der Waals surface area (Å²) in [6.45, 7) is 3.17. The van der Waals surface area contributed by atoms with Gasteiger partial charge >= 0.3 is 5.97 Å². The van der Waals surface area contributed by atoms with Crippen LogP contribution in [0.15, 0.2) is 67.1 Å². The molecule has 1 saturated heterocycles. The van der Waals surface area contributed by atoms with Gasteiger partial charge in [0, 0.05) is 37.4 Å². The van der Waals surface area contributed by atoms with Crippen LogP contribution in [0.2, 0.25) is 5.02 Å². The molecule has 1 aliphatic rings. The first-order valence-electron chi connectivity index (χ1n) is 8.92. The van der Waals surface area contributed by atoms with Crippen molar-refractivity contribution in [1.29, 1.82) is 0 Å². The number of aliphatic carboxylic acids is 1. The van der Waals surface area contributed by atoms with Gasteiger partial charge in [-0.1, -0.05) is 54.1 Å². The molecular weight excluding hydrogens is 364 g/mol. The summed E-state index contributed by atoms with van der Waals surface area (Å²) in [7, 11) is 0. The molecule has 2 aromatic carbocycles. The van der Waals surface area contributed by atoms with Crippen molar-refractivity contribution in [3.8, 4) is 0 Å². The number of ether oxygens (including phenoxy) is 1. The third kappa shape index (κ3) is 5.49. The predicted octanol–water partition coefficient (Wildman–Crippen LogP) is 3.62. The van der Waals surface area contributed by atoms with Crippen LogP contribution in [0.25, 0.3) is 0 Å². The fourth-order valence-corrected chi connectivity index (χ4v) is 3.41. The second-order valence-electron chi connectivity index (χ2n) is 6.43. The first kappa shape index (κ1) is 19.3. The summed E-state index contributed by atoms with van der Waals surface area (Å²) in [5.41, 5.74) is 2.48. The van der Waals surface area contributed by atoms with E-state index in [-0.39, 0.29) is 12.6 Å². The number of benzene rings is 2. The highest BCUT2D eigenvalue weighted by Gasteiger charge is 2.25. The van der Waals surface area contributed by atoms with Crippen LogP contribution in [0.1, 0.15) is 17.2 Å². The Morgan fingerprint density at radius 1 is 1.04 bits per heavy atom. The van der Waals surface area contributed by atoms with Crippen molar-refractivity contribution in [2.75, 3.05) is 32.8 Å². The smallest absolute Gasteiger partial charge is 0.341 e. The number of carboxylic acids is 1. The zero-order valence-electron chi connectivity index (χ0n) is 15.0. The molecule has 0 radical (unpaired) electrons. The molecule has 3 rings (SSSR count). The van der Waals surface area contributed by atoms with Gasteiger partial charge in [0.15, 0.2) is 6.61 Å². The second-order valence-corrected chi connectivity index (χ2v) is 6.86. The van der Waals surface area contributed by atoms with Gasteiger partial charge in [-0.3, -0.25) is 4.90 Å². The van der Waals surface area contributed by atoms with Crippen molar-refractivity contribution >= 4 is 17.6 Å².